The Labute approximate surface area is 76.1 Å². The SMILES string of the molecule is COc1ccccc1Cl.NC=O. The fourth-order valence-corrected chi connectivity index (χ4v) is 0.823. The molecule has 0 bridgehead atoms. The highest BCUT2D eigenvalue weighted by Gasteiger charge is 1.93. The summed E-state index contributed by atoms with van der Waals surface area (Å²) in [5.74, 6) is 0.721. The van der Waals surface area contributed by atoms with E-state index in [2.05, 4.69) is 5.73 Å². The van der Waals surface area contributed by atoms with Gasteiger partial charge in [0, 0.05) is 0 Å². The number of benzene rings is 1. The van der Waals surface area contributed by atoms with Gasteiger partial charge in [0.1, 0.15) is 5.75 Å². The molecule has 0 spiro atoms. The molecule has 3 nitrogen and oxygen atoms in total. The van der Waals surface area contributed by atoms with E-state index >= 15 is 0 Å². The van der Waals surface area contributed by atoms with Gasteiger partial charge in [-0.3, -0.25) is 4.79 Å². The summed E-state index contributed by atoms with van der Waals surface area (Å²) < 4.78 is 4.91. The van der Waals surface area contributed by atoms with Crippen LogP contribution in [0.25, 0.3) is 0 Å². The number of ether oxygens (including phenoxy) is 1. The average molecular weight is 188 g/mol. The largest absolute Gasteiger partial charge is 0.495 e. The van der Waals surface area contributed by atoms with Crippen molar-refractivity contribution in [2.24, 2.45) is 5.73 Å². The lowest BCUT2D eigenvalue weighted by molar-refractivity contribution is -0.106. The minimum absolute atomic E-state index is 0.250. The van der Waals surface area contributed by atoms with Crippen LogP contribution in [0.1, 0.15) is 0 Å². The Morgan fingerprint density at radius 3 is 2.33 bits per heavy atom. The second-order valence-electron chi connectivity index (χ2n) is 1.77. The molecule has 0 saturated heterocycles. The molecular weight excluding hydrogens is 178 g/mol. The Bertz CT molecular complexity index is 240. The van der Waals surface area contributed by atoms with Crippen LogP contribution in [0, 0.1) is 0 Å². The fourth-order valence-electron chi connectivity index (χ4n) is 0.610. The zero-order valence-corrected chi connectivity index (χ0v) is 7.41. The maximum absolute atomic E-state index is 8.58. The summed E-state index contributed by atoms with van der Waals surface area (Å²) in [6.45, 7) is 0. The van der Waals surface area contributed by atoms with Gasteiger partial charge < -0.3 is 10.5 Å². The third kappa shape index (κ3) is 3.83. The maximum atomic E-state index is 8.58. The van der Waals surface area contributed by atoms with Gasteiger partial charge in [0.2, 0.25) is 6.41 Å². The molecule has 4 heteroatoms. The highest BCUT2D eigenvalue weighted by atomic mass is 35.5. The summed E-state index contributed by atoms with van der Waals surface area (Å²) in [6.07, 6.45) is 0.250. The number of carbonyl (C=O) groups excluding carboxylic acids is 1. The molecule has 1 aromatic carbocycles. The van der Waals surface area contributed by atoms with Crippen LogP contribution in [0.15, 0.2) is 24.3 Å². The van der Waals surface area contributed by atoms with Crippen molar-refractivity contribution in [3.05, 3.63) is 29.3 Å². The second kappa shape index (κ2) is 6.49. The molecule has 0 radical (unpaired) electrons. The van der Waals surface area contributed by atoms with Crippen LogP contribution in [0.4, 0.5) is 0 Å². The second-order valence-corrected chi connectivity index (χ2v) is 2.18. The van der Waals surface area contributed by atoms with Crippen LogP contribution in [0.3, 0.4) is 0 Å². The number of para-hydroxylation sites is 1. The van der Waals surface area contributed by atoms with E-state index in [4.69, 9.17) is 21.1 Å². The molecule has 12 heavy (non-hydrogen) atoms. The van der Waals surface area contributed by atoms with E-state index in [1.165, 1.54) is 0 Å². The molecule has 0 aliphatic heterocycles. The summed E-state index contributed by atoms with van der Waals surface area (Å²) in [7, 11) is 1.60. The molecule has 0 aliphatic rings. The van der Waals surface area contributed by atoms with Gasteiger partial charge >= 0.3 is 0 Å². The quantitative estimate of drug-likeness (QED) is 0.677. The topological polar surface area (TPSA) is 52.3 Å². The van der Waals surface area contributed by atoms with Gasteiger partial charge in [0.15, 0.2) is 0 Å². The molecule has 0 fully saturated rings. The van der Waals surface area contributed by atoms with Gasteiger partial charge in [0.25, 0.3) is 0 Å². The summed E-state index contributed by atoms with van der Waals surface area (Å²) in [4.78, 5) is 8.58. The van der Waals surface area contributed by atoms with Gasteiger partial charge in [-0.2, -0.15) is 0 Å². The van der Waals surface area contributed by atoms with Gasteiger partial charge in [-0.05, 0) is 12.1 Å². The normalized spacial score (nSPS) is 7.83. The molecule has 2 N–H and O–H groups in total. The van der Waals surface area contributed by atoms with Crippen molar-refractivity contribution in [3.63, 3.8) is 0 Å². The molecule has 0 heterocycles. The third-order valence-corrected chi connectivity index (χ3v) is 1.37. The lowest BCUT2D eigenvalue weighted by Gasteiger charge is -1.98. The molecule has 1 aromatic rings. The minimum atomic E-state index is 0.250. The van der Waals surface area contributed by atoms with E-state index in [0.29, 0.717) is 5.02 Å². The van der Waals surface area contributed by atoms with Crippen LogP contribution >= 0.6 is 11.6 Å². The Balaban J connectivity index is 0.000000354. The number of amides is 1. The number of rotatable bonds is 1. The van der Waals surface area contributed by atoms with Crippen molar-refractivity contribution < 1.29 is 9.53 Å². The summed E-state index contributed by atoms with van der Waals surface area (Å²) in [5.41, 5.74) is 4.17. The third-order valence-electron chi connectivity index (χ3n) is 1.06. The Kier molecular flexibility index (Phi) is 5.83. The van der Waals surface area contributed by atoms with Crippen LogP contribution in [-0.4, -0.2) is 13.5 Å². The lowest BCUT2D eigenvalue weighted by atomic mass is 10.3. The van der Waals surface area contributed by atoms with Crippen LogP contribution in [0.5, 0.6) is 5.75 Å². The van der Waals surface area contributed by atoms with Gasteiger partial charge in [-0.15, -0.1) is 0 Å². The monoisotopic (exact) mass is 187 g/mol. The zero-order chi connectivity index (χ0) is 9.40. The van der Waals surface area contributed by atoms with Crippen LogP contribution < -0.4 is 10.5 Å². The number of primary amides is 1. The first-order chi connectivity index (χ1) is 5.76. The van der Waals surface area contributed by atoms with Crippen LogP contribution in [-0.2, 0) is 4.79 Å². The summed E-state index contributed by atoms with van der Waals surface area (Å²) in [6, 6.07) is 7.36. The van der Waals surface area contributed by atoms with Crippen molar-refractivity contribution in [2.75, 3.05) is 7.11 Å². The van der Waals surface area contributed by atoms with Crippen molar-refractivity contribution in [2.45, 2.75) is 0 Å². The number of halogens is 1. The molecular formula is C8H10ClNO2. The molecule has 0 aliphatic carbocycles. The molecule has 0 aromatic heterocycles. The highest BCUT2D eigenvalue weighted by molar-refractivity contribution is 6.32. The first kappa shape index (κ1) is 10.8. The predicted octanol–water partition coefficient (Wildman–Crippen LogP) is 1.45. The van der Waals surface area contributed by atoms with Crippen molar-refractivity contribution in [1.82, 2.24) is 0 Å². The Morgan fingerprint density at radius 2 is 2.00 bits per heavy atom. The maximum Gasteiger partial charge on any atom is 0.204 e. The van der Waals surface area contributed by atoms with E-state index in [1.54, 1.807) is 13.2 Å². The average Bonchev–Trinajstić information content (AvgIpc) is 2.07. The van der Waals surface area contributed by atoms with Crippen molar-refractivity contribution in [3.8, 4) is 5.75 Å². The Hall–Kier alpha value is -1.22. The molecule has 0 unspecified atom stereocenters. The molecule has 0 atom stereocenters. The molecule has 1 rings (SSSR count). The molecule has 66 valence electrons. The number of hydrogen-bond acceptors (Lipinski definition) is 2. The van der Waals surface area contributed by atoms with Gasteiger partial charge in [-0.1, -0.05) is 23.7 Å². The molecule has 0 saturated carbocycles. The van der Waals surface area contributed by atoms with E-state index in [-0.39, 0.29) is 6.41 Å². The molecule has 1 amide bonds. The highest BCUT2D eigenvalue weighted by Crippen LogP contribution is 2.21. The van der Waals surface area contributed by atoms with E-state index in [1.807, 2.05) is 18.2 Å². The van der Waals surface area contributed by atoms with Crippen molar-refractivity contribution >= 4 is 18.0 Å². The smallest absolute Gasteiger partial charge is 0.204 e. The fraction of sp³-hybridized carbons (Fsp3) is 0.125. The number of nitrogens with two attached hydrogens (primary N) is 1. The van der Waals surface area contributed by atoms with Gasteiger partial charge in [-0.25, -0.2) is 0 Å². The van der Waals surface area contributed by atoms with Crippen LogP contribution in [0.2, 0.25) is 5.02 Å². The van der Waals surface area contributed by atoms with Gasteiger partial charge in [0.05, 0.1) is 12.1 Å². The summed E-state index contributed by atoms with van der Waals surface area (Å²) >= 11 is 5.70. The first-order valence-corrected chi connectivity index (χ1v) is 3.58. The zero-order valence-electron chi connectivity index (χ0n) is 6.66. The van der Waals surface area contributed by atoms with E-state index in [0.717, 1.165) is 5.75 Å². The first-order valence-electron chi connectivity index (χ1n) is 3.20. The number of methoxy groups -OCH3 is 1. The number of carbonyl (C=O) groups is 1. The number of hydrogen-bond donors (Lipinski definition) is 1. The summed E-state index contributed by atoms with van der Waals surface area (Å²) in [5, 5.41) is 0.653. The predicted molar refractivity (Wildman–Crippen MR) is 48.3 cm³/mol. The van der Waals surface area contributed by atoms with Crippen molar-refractivity contribution in [1.29, 1.82) is 0 Å². The Morgan fingerprint density at radius 1 is 1.50 bits per heavy atom. The van der Waals surface area contributed by atoms with E-state index < -0.39 is 0 Å². The van der Waals surface area contributed by atoms with E-state index in [9.17, 15) is 0 Å². The lowest BCUT2D eigenvalue weighted by Crippen LogP contribution is -1.82. The minimum Gasteiger partial charge on any atom is -0.495 e. The standard InChI is InChI=1S/C7H7ClO.CH3NO/c1-9-7-5-3-2-4-6(7)8;2-1-3/h2-5H,1H3;1H,(H2,2,3).